The second kappa shape index (κ2) is 12.6. The third-order valence-corrected chi connectivity index (χ3v) is 1.84. The van der Waals surface area contributed by atoms with E-state index in [1.807, 2.05) is 6.08 Å². The molecule has 0 aromatic rings. The largest absolute Gasteiger partial charge is 1.00 e. The van der Waals surface area contributed by atoms with Crippen molar-refractivity contribution >= 4 is 13.8 Å². The van der Waals surface area contributed by atoms with Gasteiger partial charge in [0.25, 0.3) is 0 Å². The van der Waals surface area contributed by atoms with E-state index in [4.69, 9.17) is 10.2 Å². The van der Waals surface area contributed by atoms with Gasteiger partial charge in [-0.15, -0.1) is 0 Å². The minimum atomic E-state index is -5.36. The summed E-state index contributed by atoms with van der Waals surface area (Å²) < 4.78 is 18.2. The van der Waals surface area contributed by atoms with E-state index in [2.05, 4.69) is 9.26 Å². The Bertz CT molecular complexity index is 343. The quantitative estimate of drug-likeness (QED) is 0.221. The zero-order valence-electron chi connectivity index (χ0n) is 10.6. The fraction of sp³-hybridized carbons (Fsp3) is 0.500. The van der Waals surface area contributed by atoms with Crippen molar-refractivity contribution < 1.29 is 133 Å². The van der Waals surface area contributed by atoms with Crippen LogP contribution in [-0.4, -0.2) is 40.5 Å². The van der Waals surface area contributed by atoms with Crippen LogP contribution < -0.4 is 98.5 Å². The second-order valence-electron chi connectivity index (χ2n) is 2.59. The molecule has 0 aromatic heterocycles. The number of esters is 1. The SMILES string of the molecule is O=C1OC(C(O)CO)[C-]=C1OP(=O)([O-])[O-].[Na+].[Na+].[Na+].[OH-]. The molecule has 1 heterocycles. The summed E-state index contributed by atoms with van der Waals surface area (Å²) in [7, 11) is -5.36. The van der Waals surface area contributed by atoms with Crippen molar-refractivity contribution in [1.82, 2.24) is 0 Å². The summed E-state index contributed by atoms with van der Waals surface area (Å²) in [5.41, 5.74) is 0. The maximum Gasteiger partial charge on any atom is 1.00 e. The Morgan fingerprint density at radius 1 is 1.42 bits per heavy atom. The van der Waals surface area contributed by atoms with Crippen LogP contribution in [0.15, 0.2) is 5.76 Å². The molecule has 0 fully saturated rings. The van der Waals surface area contributed by atoms with Crippen molar-refractivity contribution in [3.8, 4) is 0 Å². The molecule has 3 N–H and O–H groups in total. The van der Waals surface area contributed by atoms with Crippen LogP contribution in [0.5, 0.6) is 0 Å². The number of ether oxygens (including phenoxy) is 1. The molecule has 0 amide bonds. The predicted octanol–water partition coefficient (Wildman–Crippen LogP) is -12.4. The fourth-order valence-electron chi connectivity index (χ4n) is 0.832. The zero-order chi connectivity index (χ0) is 11.6. The molecule has 0 spiro atoms. The number of aliphatic hydroxyl groups is 2. The van der Waals surface area contributed by atoms with Crippen LogP contribution in [-0.2, 0) is 18.6 Å². The monoisotopic (exact) mass is 323 g/mol. The molecule has 2 atom stereocenters. The Morgan fingerprint density at radius 2 is 1.89 bits per heavy atom. The molecule has 13 heteroatoms. The predicted molar refractivity (Wildman–Crippen MR) is 40.4 cm³/mol. The Kier molecular flexibility index (Phi) is 19.3. The van der Waals surface area contributed by atoms with Crippen molar-refractivity contribution in [3.05, 3.63) is 11.8 Å². The van der Waals surface area contributed by atoms with Crippen LogP contribution in [0.4, 0.5) is 0 Å². The first-order valence-corrected chi connectivity index (χ1v) is 5.14. The smallest absolute Gasteiger partial charge is 0.870 e. The van der Waals surface area contributed by atoms with Crippen molar-refractivity contribution in [2.45, 2.75) is 12.2 Å². The summed E-state index contributed by atoms with van der Waals surface area (Å²) in [4.78, 5) is 31.1. The van der Waals surface area contributed by atoms with Gasteiger partial charge in [0.15, 0.2) is 0 Å². The second-order valence-corrected chi connectivity index (χ2v) is 3.66. The fourth-order valence-corrected chi connectivity index (χ4v) is 1.18. The summed E-state index contributed by atoms with van der Waals surface area (Å²) in [6, 6.07) is 0. The number of carbonyl (C=O) groups is 1. The third kappa shape index (κ3) is 10.4. The molecule has 19 heavy (non-hydrogen) atoms. The van der Waals surface area contributed by atoms with Crippen LogP contribution in [0.2, 0.25) is 0 Å². The van der Waals surface area contributed by atoms with Gasteiger partial charge in [-0.2, -0.15) is 6.08 Å². The number of carbonyl (C=O) groups excluding carboxylic acids is 1. The van der Waals surface area contributed by atoms with Gasteiger partial charge in [-0.05, 0) is 0 Å². The Morgan fingerprint density at radius 3 is 2.26 bits per heavy atom. The Labute approximate surface area is 175 Å². The third-order valence-electron chi connectivity index (χ3n) is 1.43. The molecule has 0 aromatic carbocycles. The van der Waals surface area contributed by atoms with E-state index in [0.717, 1.165) is 0 Å². The van der Waals surface area contributed by atoms with Gasteiger partial charge in [-0.25, -0.2) is 0 Å². The van der Waals surface area contributed by atoms with Crippen LogP contribution >= 0.6 is 7.82 Å². The van der Waals surface area contributed by atoms with Gasteiger partial charge < -0.3 is 44.1 Å². The maximum atomic E-state index is 10.8. The number of hydrogen-bond donors (Lipinski definition) is 2. The molecule has 0 aliphatic carbocycles. The van der Waals surface area contributed by atoms with E-state index in [0.29, 0.717) is 0 Å². The van der Waals surface area contributed by atoms with E-state index in [9.17, 15) is 19.1 Å². The topological polar surface area (TPSA) is 169 Å². The van der Waals surface area contributed by atoms with Gasteiger partial charge in [0.05, 0.1) is 18.8 Å². The summed E-state index contributed by atoms with van der Waals surface area (Å²) >= 11 is 0. The molecule has 1 aliphatic rings. The number of aliphatic hydroxyl groups excluding tert-OH is 2. The average molecular weight is 323 g/mol. The first-order chi connectivity index (χ1) is 6.83. The van der Waals surface area contributed by atoms with Crippen LogP contribution in [0.1, 0.15) is 0 Å². The van der Waals surface area contributed by atoms with E-state index in [1.165, 1.54) is 0 Å². The summed E-state index contributed by atoms with van der Waals surface area (Å²) in [6.45, 7) is -0.718. The molecule has 9 nitrogen and oxygen atoms in total. The molecule has 94 valence electrons. The Balaban J connectivity index is -0.000000281. The number of phosphoric acid groups is 1. The summed E-state index contributed by atoms with van der Waals surface area (Å²) in [5, 5.41) is 17.5. The van der Waals surface area contributed by atoms with Crippen molar-refractivity contribution in [1.29, 1.82) is 0 Å². The summed E-state index contributed by atoms with van der Waals surface area (Å²) in [5.74, 6) is -2.17. The van der Waals surface area contributed by atoms with Crippen LogP contribution in [0.3, 0.4) is 0 Å². The van der Waals surface area contributed by atoms with E-state index in [1.54, 1.807) is 0 Å². The molecule has 1 aliphatic heterocycles. The Hall–Kier alpha value is 2.04. The van der Waals surface area contributed by atoms with Crippen LogP contribution in [0, 0.1) is 6.08 Å². The molecule has 2 unspecified atom stereocenters. The molecule has 0 saturated heterocycles. The van der Waals surface area contributed by atoms with Crippen LogP contribution in [0.25, 0.3) is 0 Å². The maximum absolute atomic E-state index is 10.8. The molecule has 0 bridgehead atoms. The summed E-state index contributed by atoms with van der Waals surface area (Å²) in [6.07, 6.45) is -0.806. The van der Waals surface area contributed by atoms with E-state index >= 15 is 0 Å². The average Bonchev–Trinajstić information content (AvgIpc) is 2.44. The number of hydrogen-bond acceptors (Lipinski definition) is 9. The van der Waals surface area contributed by atoms with E-state index < -0.39 is 38.4 Å². The minimum Gasteiger partial charge on any atom is -0.870 e. The zero-order valence-corrected chi connectivity index (χ0v) is 17.5. The first kappa shape index (κ1) is 29.1. The molecular weight excluding hydrogens is 316 g/mol. The standard InChI is InChI=1S/C6H8O8P.3Na.H2O/c7-2-3(8)4-1-5(6(9)13-4)14-15(10,11)12;;;;/h3-4,7-8H,2H2,(H2,10,11,12);;;;1H2/q-1;3*+1;/p-3. The molecule has 0 radical (unpaired) electrons. The van der Waals surface area contributed by atoms with Gasteiger partial charge >= 0.3 is 88.7 Å². The van der Waals surface area contributed by atoms with Gasteiger partial charge in [0.1, 0.15) is 7.82 Å². The normalized spacial score (nSPS) is 18.4. The van der Waals surface area contributed by atoms with E-state index in [-0.39, 0.29) is 94.1 Å². The van der Waals surface area contributed by atoms with Gasteiger partial charge in [0, 0.05) is 5.76 Å². The van der Waals surface area contributed by atoms with Gasteiger partial charge in [-0.1, -0.05) is 0 Å². The van der Waals surface area contributed by atoms with Gasteiger partial charge in [0.2, 0.25) is 5.97 Å². The minimum absolute atomic E-state index is 0. The van der Waals surface area contributed by atoms with Crippen molar-refractivity contribution in [2.75, 3.05) is 6.61 Å². The molecular formula is C6H7Na3O9P-. The number of rotatable bonds is 4. The van der Waals surface area contributed by atoms with Crippen molar-refractivity contribution in [2.24, 2.45) is 0 Å². The number of phosphoric ester groups is 1. The molecule has 1 rings (SSSR count). The van der Waals surface area contributed by atoms with Gasteiger partial charge in [-0.3, -0.25) is 0 Å². The van der Waals surface area contributed by atoms with Crippen molar-refractivity contribution in [3.63, 3.8) is 0 Å². The first-order valence-electron chi connectivity index (χ1n) is 3.68. The number of cyclic esters (lactones) is 1. The molecule has 0 saturated carbocycles.